The highest BCUT2D eigenvalue weighted by molar-refractivity contribution is 7.99. The molecule has 0 saturated carbocycles. The van der Waals surface area contributed by atoms with E-state index in [0.29, 0.717) is 0 Å². The van der Waals surface area contributed by atoms with Gasteiger partial charge in [-0.05, 0) is 26.2 Å². The van der Waals surface area contributed by atoms with Crippen LogP contribution in [0.25, 0.3) is 0 Å². The van der Waals surface area contributed by atoms with E-state index in [1.54, 1.807) is 24.9 Å². The predicted octanol–water partition coefficient (Wildman–Crippen LogP) is 3.19. The number of nitro benzene ring substituents is 1. The van der Waals surface area contributed by atoms with Crippen molar-refractivity contribution in [2.75, 3.05) is 30.5 Å². The minimum atomic E-state index is -0.383. The Labute approximate surface area is 111 Å². The van der Waals surface area contributed by atoms with Crippen molar-refractivity contribution >= 4 is 28.8 Å². The van der Waals surface area contributed by atoms with Crippen LogP contribution in [0.4, 0.5) is 17.1 Å². The van der Waals surface area contributed by atoms with Gasteiger partial charge in [-0.15, -0.1) is 0 Å². The smallest absolute Gasteiger partial charge is 0.273 e. The molecule has 0 radical (unpaired) electrons. The third-order valence-corrected chi connectivity index (χ3v) is 3.94. The molecule has 0 unspecified atom stereocenters. The van der Waals surface area contributed by atoms with Crippen LogP contribution in [0.3, 0.4) is 0 Å². The van der Waals surface area contributed by atoms with Gasteiger partial charge in [0.05, 0.1) is 4.92 Å². The quantitative estimate of drug-likeness (QED) is 0.613. The van der Waals surface area contributed by atoms with E-state index >= 15 is 0 Å². The third kappa shape index (κ3) is 4.10. The minimum absolute atomic E-state index is 0.0877. The lowest BCUT2D eigenvalue weighted by Gasteiger charge is -2.23. The highest BCUT2D eigenvalue weighted by atomic mass is 32.2. The number of hydrogen-bond acceptors (Lipinski definition) is 5. The van der Waals surface area contributed by atoms with E-state index in [9.17, 15) is 10.1 Å². The third-order valence-electron chi connectivity index (χ3n) is 2.69. The fraction of sp³-hybridized carbons (Fsp3) is 0.500. The number of nitrogens with zero attached hydrogens (tertiary/aromatic N) is 1. The summed E-state index contributed by atoms with van der Waals surface area (Å²) < 4.78 is 0.0877. The summed E-state index contributed by atoms with van der Waals surface area (Å²) in [6.07, 6.45) is 2.05. The van der Waals surface area contributed by atoms with Crippen LogP contribution in [0, 0.1) is 10.1 Å². The molecule has 0 spiro atoms. The van der Waals surface area contributed by atoms with Gasteiger partial charge in [0.2, 0.25) is 0 Å². The molecular weight excluding hydrogens is 250 g/mol. The van der Waals surface area contributed by atoms with Crippen LogP contribution < -0.4 is 10.6 Å². The Bertz CT molecular complexity index is 435. The topological polar surface area (TPSA) is 67.2 Å². The molecule has 18 heavy (non-hydrogen) atoms. The monoisotopic (exact) mass is 269 g/mol. The van der Waals surface area contributed by atoms with Gasteiger partial charge in [-0.25, -0.2) is 0 Å². The first-order chi connectivity index (χ1) is 8.38. The number of hydrogen-bond donors (Lipinski definition) is 2. The number of benzene rings is 1. The highest BCUT2D eigenvalue weighted by Gasteiger charge is 2.16. The summed E-state index contributed by atoms with van der Waals surface area (Å²) in [5, 5.41) is 17.0. The van der Waals surface area contributed by atoms with Gasteiger partial charge in [-0.1, -0.05) is 0 Å². The Hall–Kier alpha value is -1.43. The zero-order valence-electron chi connectivity index (χ0n) is 11.1. The Morgan fingerprint density at radius 1 is 1.33 bits per heavy atom. The zero-order valence-corrected chi connectivity index (χ0v) is 11.9. The highest BCUT2D eigenvalue weighted by Crippen LogP contribution is 2.26. The number of anilines is 2. The molecule has 0 aromatic heterocycles. The lowest BCUT2D eigenvalue weighted by molar-refractivity contribution is -0.384. The van der Waals surface area contributed by atoms with E-state index in [4.69, 9.17) is 0 Å². The fourth-order valence-electron chi connectivity index (χ4n) is 1.35. The molecule has 1 aromatic carbocycles. The van der Waals surface area contributed by atoms with Gasteiger partial charge in [0.25, 0.3) is 5.69 Å². The van der Waals surface area contributed by atoms with Crippen molar-refractivity contribution in [1.82, 2.24) is 0 Å². The second-order valence-corrected chi connectivity index (χ2v) is 6.11. The number of rotatable bonds is 6. The van der Waals surface area contributed by atoms with Crippen LogP contribution in [0.15, 0.2) is 18.2 Å². The van der Waals surface area contributed by atoms with Gasteiger partial charge >= 0.3 is 0 Å². The van der Waals surface area contributed by atoms with E-state index in [1.807, 2.05) is 12.3 Å². The Morgan fingerprint density at radius 2 is 1.94 bits per heavy atom. The molecule has 0 bridgehead atoms. The van der Waals surface area contributed by atoms with E-state index in [1.165, 1.54) is 6.07 Å². The number of non-ortho nitro benzene ring substituents is 1. The van der Waals surface area contributed by atoms with E-state index in [0.717, 1.165) is 17.9 Å². The lowest BCUT2D eigenvalue weighted by atomic mass is 10.2. The fourth-order valence-corrected chi connectivity index (χ4v) is 1.57. The second kappa shape index (κ2) is 5.95. The summed E-state index contributed by atoms with van der Waals surface area (Å²) in [6.45, 7) is 5.00. The molecule has 1 rings (SSSR count). The molecule has 1 aromatic rings. The Morgan fingerprint density at radius 3 is 2.44 bits per heavy atom. The van der Waals surface area contributed by atoms with Crippen molar-refractivity contribution in [3.05, 3.63) is 28.3 Å². The normalized spacial score (nSPS) is 11.1. The summed E-state index contributed by atoms with van der Waals surface area (Å²) in [4.78, 5) is 10.4. The number of nitro groups is 1. The molecule has 5 nitrogen and oxygen atoms in total. The average molecular weight is 269 g/mol. The number of nitrogens with one attached hydrogen (secondary N) is 2. The molecule has 100 valence electrons. The van der Waals surface area contributed by atoms with Gasteiger partial charge in [-0.2, -0.15) is 11.8 Å². The zero-order chi connectivity index (χ0) is 13.8. The SMILES string of the molecule is CNc1cc(NCC(C)(C)SC)cc([N+](=O)[O-])c1. The molecule has 0 atom stereocenters. The first-order valence-electron chi connectivity index (χ1n) is 5.64. The summed E-state index contributed by atoms with van der Waals surface area (Å²) in [5.41, 5.74) is 1.58. The molecular formula is C12H19N3O2S. The first-order valence-corrected chi connectivity index (χ1v) is 6.87. The molecule has 0 saturated heterocycles. The molecule has 2 N–H and O–H groups in total. The molecule has 0 heterocycles. The minimum Gasteiger partial charge on any atom is -0.388 e. The summed E-state index contributed by atoms with van der Waals surface area (Å²) in [6, 6.07) is 4.94. The van der Waals surface area contributed by atoms with Crippen molar-refractivity contribution in [2.45, 2.75) is 18.6 Å². The first kappa shape index (κ1) is 14.6. The van der Waals surface area contributed by atoms with Crippen LogP contribution >= 0.6 is 11.8 Å². The van der Waals surface area contributed by atoms with Crippen molar-refractivity contribution in [3.63, 3.8) is 0 Å². The van der Waals surface area contributed by atoms with Crippen molar-refractivity contribution in [2.24, 2.45) is 0 Å². The van der Waals surface area contributed by atoms with Crippen LogP contribution in [-0.4, -0.2) is 29.5 Å². The standard InChI is InChI=1S/C12H19N3O2S/c1-12(2,18-4)8-14-10-5-9(13-3)6-11(7-10)15(16)17/h5-7,13-14H,8H2,1-4H3. The number of thioether (sulfide) groups is 1. The largest absolute Gasteiger partial charge is 0.388 e. The van der Waals surface area contributed by atoms with Gasteiger partial charge in [0.15, 0.2) is 0 Å². The molecule has 6 heteroatoms. The van der Waals surface area contributed by atoms with Crippen LogP contribution in [0.5, 0.6) is 0 Å². The van der Waals surface area contributed by atoms with Gasteiger partial charge < -0.3 is 10.6 Å². The maximum absolute atomic E-state index is 10.8. The van der Waals surface area contributed by atoms with E-state index < -0.39 is 0 Å². The average Bonchev–Trinajstić information content (AvgIpc) is 2.36. The van der Waals surface area contributed by atoms with Crippen molar-refractivity contribution < 1.29 is 4.92 Å². The van der Waals surface area contributed by atoms with Crippen LogP contribution in [0.1, 0.15) is 13.8 Å². The van der Waals surface area contributed by atoms with Gasteiger partial charge in [0.1, 0.15) is 0 Å². The molecule has 0 aliphatic heterocycles. The predicted molar refractivity (Wildman–Crippen MR) is 78.7 cm³/mol. The van der Waals surface area contributed by atoms with Crippen molar-refractivity contribution in [3.8, 4) is 0 Å². The molecule has 0 amide bonds. The Balaban J connectivity index is 2.88. The summed E-state index contributed by atoms with van der Waals surface area (Å²) in [7, 11) is 1.74. The summed E-state index contributed by atoms with van der Waals surface area (Å²) >= 11 is 1.75. The summed E-state index contributed by atoms with van der Waals surface area (Å²) in [5.74, 6) is 0. The van der Waals surface area contributed by atoms with E-state index in [2.05, 4.69) is 24.5 Å². The Kier molecular flexibility index (Phi) is 4.84. The van der Waals surface area contributed by atoms with Crippen LogP contribution in [-0.2, 0) is 0 Å². The van der Waals surface area contributed by atoms with Gasteiger partial charge in [0, 0.05) is 41.8 Å². The molecule has 0 aliphatic rings. The van der Waals surface area contributed by atoms with E-state index in [-0.39, 0.29) is 15.4 Å². The molecule has 0 aliphatic carbocycles. The molecule has 0 fully saturated rings. The van der Waals surface area contributed by atoms with Gasteiger partial charge in [-0.3, -0.25) is 10.1 Å². The lowest BCUT2D eigenvalue weighted by Crippen LogP contribution is -2.25. The maximum atomic E-state index is 10.8. The van der Waals surface area contributed by atoms with Crippen molar-refractivity contribution in [1.29, 1.82) is 0 Å². The maximum Gasteiger partial charge on any atom is 0.273 e. The van der Waals surface area contributed by atoms with Crippen LogP contribution in [0.2, 0.25) is 0 Å². The second-order valence-electron chi connectivity index (χ2n) is 4.59.